The third-order valence-electron chi connectivity index (χ3n) is 4.75. The zero-order valence-electron chi connectivity index (χ0n) is 15.7. The molecule has 0 aromatic heterocycles. The molecule has 1 fully saturated rings. The fourth-order valence-electron chi connectivity index (χ4n) is 3.13. The molecular formula is C18H29N3O4S. The monoisotopic (exact) mass is 383 g/mol. The summed E-state index contributed by atoms with van der Waals surface area (Å²) in [4.78, 5) is 15.4. The fourth-order valence-corrected chi connectivity index (χ4v) is 3.93. The van der Waals surface area contributed by atoms with Crippen molar-refractivity contribution in [3.63, 3.8) is 0 Å². The van der Waals surface area contributed by atoms with Crippen LogP contribution < -0.4 is 0 Å². The third kappa shape index (κ3) is 6.05. The van der Waals surface area contributed by atoms with E-state index in [9.17, 15) is 18.3 Å². The number of aliphatic hydroxyl groups is 1. The highest BCUT2D eigenvalue weighted by molar-refractivity contribution is 7.88. The Morgan fingerprint density at radius 3 is 2.46 bits per heavy atom. The van der Waals surface area contributed by atoms with E-state index in [1.807, 2.05) is 35.2 Å². The second-order valence-corrected chi connectivity index (χ2v) is 9.14. The highest BCUT2D eigenvalue weighted by atomic mass is 32.2. The first kappa shape index (κ1) is 20.8. The summed E-state index contributed by atoms with van der Waals surface area (Å²) in [6.45, 7) is 2.29. The number of likely N-dealkylation sites (tertiary alicyclic amines) is 1. The molecule has 1 N–H and O–H groups in total. The number of amides is 1. The van der Waals surface area contributed by atoms with Gasteiger partial charge in [0, 0.05) is 59.2 Å². The number of benzene rings is 1. The Morgan fingerprint density at radius 2 is 1.88 bits per heavy atom. The average Bonchev–Trinajstić information content (AvgIpc) is 2.91. The fraction of sp³-hybridized carbons (Fsp3) is 0.611. The first-order valence-corrected chi connectivity index (χ1v) is 10.6. The Bertz CT molecular complexity index is 694. The molecule has 0 spiro atoms. The van der Waals surface area contributed by atoms with Crippen LogP contribution in [0, 0.1) is 5.92 Å². The quantitative estimate of drug-likeness (QED) is 0.695. The molecule has 0 radical (unpaired) electrons. The van der Waals surface area contributed by atoms with Crippen LogP contribution in [0.15, 0.2) is 30.3 Å². The summed E-state index contributed by atoms with van der Waals surface area (Å²) in [6, 6.07) is 9.48. The SMILES string of the molecule is CN(C)C(=O)C[C@@H]1CN(CCN(Cc2ccccc2)S(C)(=O)=O)C[C@H]1O. The minimum atomic E-state index is -3.33. The maximum atomic E-state index is 12.1. The van der Waals surface area contributed by atoms with Crippen LogP contribution in [0.2, 0.25) is 0 Å². The first-order valence-electron chi connectivity index (χ1n) is 8.76. The summed E-state index contributed by atoms with van der Waals surface area (Å²) < 4.78 is 25.6. The molecule has 0 bridgehead atoms. The number of carbonyl (C=O) groups is 1. The van der Waals surface area contributed by atoms with Crippen LogP contribution in [0.3, 0.4) is 0 Å². The normalized spacial score (nSPS) is 21.3. The van der Waals surface area contributed by atoms with E-state index in [2.05, 4.69) is 0 Å². The van der Waals surface area contributed by atoms with Gasteiger partial charge in [0.2, 0.25) is 15.9 Å². The maximum Gasteiger partial charge on any atom is 0.222 e. The highest BCUT2D eigenvalue weighted by Crippen LogP contribution is 2.21. The van der Waals surface area contributed by atoms with E-state index >= 15 is 0 Å². The van der Waals surface area contributed by atoms with Gasteiger partial charge in [-0.1, -0.05) is 30.3 Å². The van der Waals surface area contributed by atoms with E-state index in [-0.39, 0.29) is 11.8 Å². The number of sulfonamides is 1. The zero-order chi connectivity index (χ0) is 19.3. The molecule has 0 unspecified atom stereocenters. The van der Waals surface area contributed by atoms with E-state index in [1.54, 1.807) is 14.1 Å². The predicted octanol–water partition coefficient (Wildman–Crippen LogP) is 0.219. The zero-order valence-corrected chi connectivity index (χ0v) is 16.5. The van der Waals surface area contributed by atoms with Crippen LogP contribution in [-0.4, -0.2) is 86.2 Å². The van der Waals surface area contributed by atoms with Gasteiger partial charge in [-0.25, -0.2) is 8.42 Å². The van der Waals surface area contributed by atoms with Gasteiger partial charge in [0.15, 0.2) is 0 Å². The molecule has 26 heavy (non-hydrogen) atoms. The predicted molar refractivity (Wildman–Crippen MR) is 101 cm³/mol. The van der Waals surface area contributed by atoms with Gasteiger partial charge in [0.05, 0.1) is 12.4 Å². The van der Waals surface area contributed by atoms with Gasteiger partial charge >= 0.3 is 0 Å². The van der Waals surface area contributed by atoms with Gasteiger partial charge in [-0.15, -0.1) is 0 Å². The number of hydrogen-bond donors (Lipinski definition) is 1. The maximum absolute atomic E-state index is 12.1. The van der Waals surface area contributed by atoms with Crippen molar-refractivity contribution < 1.29 is 18.3 Å². The summed E-state index contributed by atoms with van der Waals surface area (Å²) in [7, 11) is 0.0780. The Kier molecular flexibility index (Phi) is 7.16. The summed E-state index contributed by atoms with van der Waals surface area (Å²) in [5.74, 6) is -0.108. The molecule has 1 aliphatic heterocycles. The summed E-state index contributed by atoms with van der Waals surface area (Å²) >= 11 is 0. The van der Waals surface area contributed by atoms with E-state index in [4.69, 9.17) is 0 Å². The van der Waals surface area contributed by atoms with Gasteiger partial charge in [-0.05, 0) is 5.56 Å². The van der Waals surface area contributed by atoms with E-state index in [0.717, 1.165) is 5.56 Å². The lowest BCUT2D eigenvalue weighted by atomic mass is 10.0. The number of nitrogens with zero attached hydrogens (tertiary/aromatic N) is 3. The lowest BCUT2D eigenvalue weighted by Crippen LogP contribution is -2.37. The van der Waals surface area contributed by atoms with Crippen LogP contribution in [0.1, 0.15) is 12.0 Å². The van der Waals surface area contributed by atoms with Crippen LogP contribution in [0.25, 0.3) is 0 Å². The second-order valence-electron chi connectivity index (χ2n) is 7.16. The van der Waals surface area contributed by atoms with E-state index < -0.39 is 16.1 Å². The molecule has 1 aromatic carbocycles. The Hall–Kier alpha value is -1.48. The van der Waals surface area contributed by atoms with Crippen LogP contribution in [0.4, 0.5) is 0 Å². The third-order valence-corrected chi connectivity index (χ3v) is 6.00. The van der Waals surface area contributed by atoms with Crippen molar-refractivity contribution >= 4 is 15.9 Å². The summed E-state index contributed by atoms with van der Waals surface area (Å²) in [6.07, 6.45) is 0.970. The molecule has 8 heteroatoms. The van der Waals surface area contributed by atoms with Crippen LogP contribution >= 0.6 is 0 Å². The summed E-state index contributed by atoms with van der Waals surface area (Å²) in [5.41, 5.74) is 0.939. The minimum Gasteiger partial charge on any atom is -0.391 e. The van der Waals surface area contributed by atoms with E-state index in [1.165, 1.54) is 15.5 Å². The number of aliphatic hydroxyl groups excluding tert-OH is 1. The molecule has 0 saturated carbocycles. The van der Waals surface area contributed by atoms with Crippen molar-refractivity contribution in [2.24, 2.45) is 5.92 Å². The molecule has 1 aromatic rings. The minimum absolute atomic E-state index is 0.00209. The molecule has 1 heterocycles. The Labute approximate surface area is 156 Å². The van der Waals surface area contributed by atoms with Gasteiger partial charge in [0.1, 0.15) is 0 Å². The van der Waals surface area contributed by atoms with Crippen molar-refractivity contribution in [3.05, 3.63) is 35.9 Å². The van der Waals surface area contributed by atoms with Gasteiger partial charge in [0.25, 0.3) is 0 Å². The highest BCUT2D eigenvalue weighted by Gasteiger charge is 2.33. The van der Waals surface area contributed by atoms with Crippen molar-refractivity contribution in [2.45, 2.75) is 19.1 Å². The smallest absolute Gasteiger partial charge is 0.222 e. The molecule has 2 atom stereocenters. The Morgan fingerprint density at radius 1 is 1.23 bits per heavy atom. The lowest BCUT2D eigenvalue weighted by Gasteiger charge is -2.23. The number of rotatable bonds is 8. The van der Waals surface area contributed by atoms with E-state index in [0.29, 0.717) is 39.1 Å². The number of carbonyl (C=O) groups excluding carboxylic acids is 1. The second kappa shape index (κ2) is 8.94. The standard InChI is InChI=1S/C18H29N3O4S/c1-19(2)18(23)11-16-13-20(14-17(16)22)9-10-21(26(3,24)25)12-15-7-5-4-6-8-15/h4-8,16-17,22H,9-14H2,1-3H3/t16-,17-/m1/s1. The van der Waals surface area contributed by atoms with Crippen molar-refractivity contribution in [1.29, 1.82) is 0 Å². The van der Waals surface area contributed by atoms with Crippen LogP contribution in [0.5, 0.6) is 0 Å². The van der Waals surface area contributed by atoms with Crippen molar-refractivity contribution in [2.75, 3.05) is 46.5 Å². The molecule has 1 saturated heterocycles. The topological polar surface area (TPSA) is 81.2 Å². The average molecular weight is 384 g/mol. The molecule has 2 rings (SSSR count). The molecule has 7 nitrogen and oxygen atoms in total. The van der Waals surface area contributed by atoms with Crippen molar-refractivity contribution in [1.82, 2.24) is 14.1 Å². The molecule has 1 aliphatic rings. The lowest BCUT2D eigenvalue weighted by molar-refractivity contribution is -0.130. The molecule has 0 aliphatic carbocycles. The van der Waals surface area contributed by atoms with Crippen molar-refractivity contribution in [3.8, 4) is 0 Å². The van der Waals surface area contributed by atoms with Gasteiger partial charge in [-0.3, -0.25) is 9.69 Å². The number of β-amino-alcohol motifs (C(OH)–C–C–N with tert-alkyl or cyclic N) is 1. The molecule has 146 valence electrons. The summed E-state index contributed by atoms with van der Waals surface area (Å²) in [5, 5.41) is 10.2. The van der Waals surface area contributed by atoms with Gasteiger partial charge in [-0.2, -0.15) is 4.31 Å². The number of hydrogen-bond acceptors (Lipinski definition) is 5. The van der Waals surface area contributed by atoms with Gasteiger partial charge < -0.3 is 10.0 Å². The van der Waals surface area contributed by atoms with Crippen LogP contribution in [-0.2, 0) is 21.4 Å². The molecular weight excluding hydrogens is 354 g/mol. The largest absolute Gasteiger partial charge is 0.391 e. The first-order chi connectivity index (χ1) is 12.2. The molecule has 1 amide bonds. The Balaban J connectivity index is 1.91.